The van der Waals surface area contributed by atoms with Crippen LogP contribution in [0, 0.1) is 6.92 Å². The Kier molecular flexibility index (Phi) is 8.75. The van der Waals surface area contributed by atoms with E-state index >= 15 is 0 Å². The third kappa shape index (κ3) is 8.50. The lowest BCUT2D eigenvalue weighted by atomic mass is 10.2. The summed E-state index contributed by atoms with van der Waals surface area (Å²) in [5, 5.41) is 18.1. The molecule has 0 spiro atoms. The molecule has 1 aromatic heterocycles. The van der Waals surface area contributed by atoms with Gasteiger partial charge in [-0.15, -0.1) is 11.8 Å². The van der Waals surface area contributed by atoms with E-state index in [9.17, 15) is 27.9 Å². The molecule has 0 bridgehead atoms. The van der Waals surface area contributed by atoms with Crippen LogP contribution in [0.3, 0.4) is 0 Å². The zero-order valence-electron chi connectivity index (χ0n) is 16.7. The number of aryl methyl sites for hydroxylation is 1. The molecule has 2 atom stereocenters. The normalized spacial score (nSPS) is 13.4. The zero-order chi connectivity index (χ0) is 23.0. The quantitative estimate of drug-likeness (QED) is 0.498. The maximum Gasteiger partial charge on any atom is 0.416 e. The number of anilines is 1. The van der Waals surface area contributed by atoms with Crippen LogP contribution in [-0.2, 0) is 15.8 Å². The van der Waals surface area contributed by atoms with Gasteiger partial charge in [0.2, 0.25) is 11.8 Å². The number of aliphatic hydroxyl groups excluding tert-OH is 1. The van der Waals surface area contributed by atoms with E-state index in [4.69, 9.17) is 9.26 Å². The lowest BCUT2D eigenvalue weighted by molar-refractivity contribution is -0.137. The molecular weight excluding hydrogens is 439 g/mol. The molecule has 2 aromatic rings. The number of hydrogen-bond acceptors (Lipinski definition) is 7. The van der Waals surface area contributed by atoms with Crippen LogP contribution < -0.4 is 15.4 Å². The molecule has 8 nitrogen and oxygen atoms in total. The number of ether oxygens (including phenoxy) is 1. The maximum atomic E-state index is 12.5. The van der Waals surface area contributed by atoms with Crippen LogP contribution in [0.2, 0.25) is 0 Å². The van der Waals surface area contributed by atoms with Gasteiger partial charge in [0.05, 0.1) is 16.6 Å². The highest BCUT2D eigenvalue weighted by Gasteiger charge is 2.30. The number of halogens is 3. The van der Waals surface area contributed by atoms with Crippen LogP contribution in [0.15, 0.2) is 34.9 Å². The minimum absolute atomic E-state index is 0.0150. The zero-order valence-corrected chi connectivity index (χ0v) is 17.5. The Labute approximate surface area is 180 Å². The Balaban J connectivity index is 1.64. The third-order valence-electron chi connectivity index (χ3n) is 3.87. The van der Waals surface area contributed by atoms with E-state index in [0.717, 1.165) is 36.0 Å². The number of alkyl halides is 3. The van der Waals surface area contributed by atoms with Crippen LogP contribution in [0.25, 0.3) is 0 Å². The van der Waals surface area contributed by atoms with E-state index in [-0.39, 0.29) is 36.4 Å². The SMILES string of the molecule is Cc1cc(NC(=O)C(C)SCC(=O)NCC(O)COc2ccc(C(F)(F)F)cc2)no1. The van der Waals surface area contributed by atoms with Crippen molar-refractivity contribution in [3.8, 4) is 5.75 Å². The first-order chi connectivity index (χ1) is 14.5. The minimum atomic E-state index is -4.44. The lowest BCUT2D eigenvalue weighted by Crippen LogP contribution is -2.36. The van der Waals surface area contributed by atoms with Gasteiger partial charge in [-0.1, -0.05) is 5.16 Å². The lowest BCUT2D eigenvalue weighted by Gasteiger charge is -2.14. The van der Waals surface area contributed by atoms with Crippen molar-refractivity contribution < 1.29 is 37.1 Å². The second-order valence-corrected chi connectivity index (χ2v) is 7.89. The highest BCUT2D eigenvalue weighted by molar-refractivity contribution is 8.01. The number of thioether (sulfide) groups is 1. The van der Waals surface area contributed by atoms with Crippen molar-refractivity contribution in [2.75, 3.05) is 24.2 Å². The summed E-state index contributed by atoms with van der Waals surface area (Å²) in [6.45, 7) is 2.99. The van der Waals surface area contributed by atoms with Gasteiger partial charge < -0.3 is 25.0 Å². The molecule has 2 rings (SSSR count). The fourth-order valence-electron chi connectivity index (χ4n) is 2.20. The average molecular weight is 461 g/mol. The summed E-state index contributed by atoms with van der Waals surface area (Å²) in [5.74, 6) is 0.257. The number of nitrogens with zero attached hydrogens (tertiary/aromatic N) is 1. The first kappa shape index (κ1) is 24.5. The molecule has 2 unspecified atom stereocenters. The average Bonchev–Trinajstić information content (AvgIpc) is 3.12. The number of carbonyl (C=O) groups is 2. The topological polar surface area (TPSA) is 114 Å². The van der Waals surface area contributed by atoms with Gasteiger partial charge in [-0.25, -0.2) is 0 Å². The van der Waals surface area contributed by atoms with E-state index < -0.39 is 29.0 Å². The van der Waals surface area contributed by atoms with Crippen molar-refractivity contribution in [2.45, 2.75) is 31.4 Å². The van der Waals surface area contributed by atoms with Crippen molar-refractivity contribution >= 4 is 29.4 Å². The van der Waals surface area contributed by atoms with Gasteiger partial charge in [-0.05, 0) is 38.1 Å². The monoisotopic (exact) mass is 461 g/mol. The molecule has 2 amide bonds. The second-order valence-electron chi connectivity index (χ2n) is 6.56. The van der Waals surface area contributed by atoms with E-state index in [1.807, 2.05) is 0 Å². The fourth-order valence-corrected chi connectivity index (χ4v) is 2.92. The summed E-state index contributed by atoms with van der Waals surface area (Å²) in [6, 6.07) is 5.62. The number of amides is 2. The summed E-state index contributed by atoms with van der Waals surface area (Å²) in [6.07, 6.45) is -5.50. The van der Waals surface area contributed by atoms with Gasteiger partial charge in [-0.3, -0.25) is 9.59 Å². The molecule has 170 valence electrons. The first-order valence-corrected chi connectivity index (χ1v) is 10.2. The van der Waals surface area contributed by atoms with Crippen LogP contribution >= 0.6 is 11.8 Å². The molecule has 31 heavy (non-hydrogen) atoms. The predicted octanol–water partition coefficient (Wildman–Crippen LogP) is 2.62. The first-order valence-electron chi connectivity index (χ1n) is 9.15. The summed E-state index contributed by atoms with van der Waals surface area (Å²) in [4.78, 5) is 23.9. The van der Waals surface area contributed by atoms with Crippen LogP contribution in [0.1, 0.15) is 18.2 Å². The Morgan fingerprint density at radius 3 is 2.55 bits per heavy atom. The standard InChI is InChI=1S/C19H22F3N3O5S/c1-11-7-16(25-30-11)24-18(28)12(2)31-10-17(27)23-8-14(26)9-29-15-5-3-13(4-6-15)19(20,21)22/h3-7,12,14,26H,8-10H2,1-2H3,(H,23,27)(H,24,25,28). The number of nitrogens with one attached hydrogen (secondary N) is 2. The molecule has 0 fully saturated rings. The van der Waals surface area contributed by atoms with Gasteiger partial charge in [0.1, 0.15) is 24.2 Å². The Bertz CT molecular complexity index is 873. The molecule has 0 saturated carbocycles. The summed E-state index contributed by atoms with van der Waals surface area (Å²) in [7, 11) is 0. The maximum absolute atomic E-state index is 12.5. The van der Waals surface area contributed by atoms with Gasteiger partial charge in [0.25, 0.3) is 0 Å². The van der Waals surface area contributed by atoms with E-state index in [1.165, 1.54) is 0 Å². The van der Waals surface area contributed by atoms with Gasteiger partial charge in [0, 0.05) is 12.6 Å². The van der Waals surface area contributed by atoms with Crippen molar-refractivity contribution in [3.05, 3.63) is 41.7 Å². The molecule has 12 heteroatoms. The van der Waals surface area contributed by atoms with E-state index in [2.05, 4.69) is 15.8 Å². The number of rotatable bonds is 10. The molecule has 1 heterocycles. The highest BCUT2D eigenvalue weighted by atomic mass is 32.2. The summed E-state index contributed by atoms with van der Waals surface area (Å²) in [5.41, 5.74) is -0.802. The number of benzene rings is 1. The van der Waals surface area contributed by atoms with E-state index in [0.29, 0.717) is 5.76 Å². The Morgan fingerprint density at radius 2 is 1.97 bits per heavy atom. The number of aromatic nitrogens is 1. The molecule has 0 aliphatic heterocycles. The van der Waals surface area contributed by atoms with Crippen molar-refractivity contribution in [1.29, 1.82) is 0 Å². The smallest absolute Gasteiger partial charge is 0.416 e. The molecule has 0 saturated heterocycles. The van der Waals surface area contributed by atoms with Gasteiger partial charge >= 0.3 is 6.18 Å². The summed E-state index contributed by atoms with van der Waals surface area (Å²) < 4.78 is 47.6. The largest absolute Gasteiger partial charge is 0.491 e. The Hall–Kier alpha value is -2.73. The Morgan fingerprint density at radius 1 is 1.29 bits per heavy atom. The molecule has 0 aliphatic carbocycles. The highest BCUT2D eigenvalue weighted by Crippen LogP contribution is 2.30. The van der Waals surface area contributed by atoms with E-state index in [1.54, 1.807) is 19.9 Å². The number of carbonyl (C=O) groups excluding carboxylic acids is 2. The third-order valence-corrected chi connectivity index (χ3v) is 5.01. The fraction of sp³-hybridized carbons (Fsp3) is 0.421. The van der Waals surface area contributed by atoms with Crippen LogP contribution in [-0.4, -0.2) is 52.3 Å². The molecule has 0 radical (unpaired) electrons. The summed E-state index contributed by atoms with van der Waals surface area (Å²) >= 11 is 1.10. The number of hydrogen-bond donors (Lipinski definition) is 3. The molecule has 0 aliphatic rings. The van der Waals surface area contributed by atoms with Gasteiger partial charge in [0.15, 0.2) is 5.82 Å². The van der Waals surface area contributed by atoms with Gasteiger partial charge in [-0.2, -0.15) is 13.2 Å². The molecular formula is C19H22F3N3O5S. The van der Waals surface area contributed by atoms with Crippen molar-refractivity contribution in [1.82, 2.24) is 10.5 Å². The van der Waals surface area contributed by atoms with Crippen molar-refractivity contribution in [3.63, 3.8) is 0 Å². The number of aliphatic hydroxyl groups is 1. The predicted molar refractivity (Wildman–Crippen MR) is 108 cm³/mol. The second kappa shape index (κ2) is 11.0. The molecule has 3 N–H and O–H groups in total. The van der Waals surface area contributed by atoms with Crippen molar-refractivity contribution in [2.24, 2.45) is 0 Å². The minimum Gasteiger partial charge on any atom is -0.491 e. The van der Waals surface area contributed by atoms with Crippen LogP contribution in [0.4, 0.5) is 19.0 Å². The van der Waals surface area contributed by atoms with Crippen LogP contribution in [0.5, 0.6) is 5.75 Å². The molecule has 1 aromatic carbocycles.